The van der Waals surface area contributed by atoms with E-state index in [1.54, 1.807) is 35.4 Å². The number of benzene rings is 1. The Labute approximate surface area is 131 Å². The van der Waals surface area contributed by atoms with Gasteiger partial charge in [-0.05, 0) is 18.2 Å². The van der Waals surface area contributed by atoms with Crippen LogP contribution in [-0.4, -0.2) is 27.9 Å². The Morgan fingerprint density at radius 3 is 2.77 bits per heavy atom. The largest absolute Gasteiger partial charge is 0.290 e. The fourth-order valence-electron chi connectivity index (χ4n) is 1.77. The number of nitrogens with one attached hydrogen (secondary N) is 1. The van der Waals surface area contributed by atoms with Gasteiger partial charge in [0.1, 0.15) is 24.3 Å². The highest BCUT2D eigenvalue weighted by Crippen LogP contribution is 2.18. The van der Waals surface area contributed by atoms with E-state index < -0.39 is 10.0 Å². The summed E-state index contributed by atoms with van der Waals surface area (Å²) in [7, 11) is -3.77. The highest BCUT2D eigenvalue weighted by Gasteiger charge is 2.15. The van der Waals surface area contributed by atoms with Crippen LogP contribution in [0.4, 0.5) is 5.82 Å². The smallest absolute Gasteiger partial charge is 0.263 e. The lowest BCUT2D eigenvalue weighted by Crippen LogP contribution is -2.14. The normalized spacial score (nSPS) is 11.3. The molecule has 0 unspecified atom stereocenters. The van der Waals surface area contributed by atoms with Crippen LogP contribution in [0.2, 0.25) is 5.02 Å². The Hall–Kier alpha value is -2.45. The van der Waals surface area contributed by atoms with Crippen molar-refractivity contribution in [1.82, 2.24) is 19.5 Å². The molecule has 0 aliphatic heterocycles. The Morgan fingerprint density at radius 1 is 1.18 bits per heavy atom. The summed E-state index contributed by atoms with van der Waals surface area (Å²) in [4.78, 5) is 11.9. The molecule has 9 heteroatoms. The lowest BCUT2D eigenvalue weighted by molar-refractivity contribution is 0.601. The second kappa shape index (κ2) is 5.74. The molecule has 112 valence electrons. The zero-order chi connectivity index (χ0) is 15.6. The number of anilines is 1. The highest BCUT2D eigenvalue weighted by atomic mass is 35.5. The minimum absolute atomic E-state index is 0.0581. The third-order valence-electron chi connectivity index (χ3n) is 2.77. The van der Waals surface area contributed by atoms with Gasteiger partial charge in [0, 0.05) is 23.5 Å². The van der Waals surface area contributed by atoms with Gasteiger partial charge >= 0.3 is 0 Å². The molecule has 22 heavy (non-hydrogen) atoms. The number of imidazole rings is 1. The van der Waals surface area contributed by atoms with E-state index in [2.05, 4.69) is 19.7 Å². The molecule has 0 atom stereocenters. The summed E-state index contributed by atoms with van der Waals surface area (Å²) in [6, 6.07) is 7.48. The van der Waals surface area contributed by atoms with Crippen LogP contribution in [0.1, 0.15) is 0 Å². The van der Waals surface area contributed by atoms with Crippen molar-refractivity contribution < 1.29 is 8.42 Å². The Morgan fingerprint density at radius 2 is 2.05 bits per heavy atom. The van der Waals surface area contributed by atoms with E-state index in [1.165, 1.54) is 24.5 Å². The molecule has 0 bridgehead atoms. The van der Waals surface area contributed by atoms with Crippen molar-refractivity contribution in [3.05, 3.63) is 60.4 Å². The predicted molar refractivity (Wildman–Crippen MR) is 81.4 cm³/mol. The van der Waals surface area contributed by atoms with Crippen LogP contribution in [0.15, 0.2) is 60.3 Å². The summed E-state index contributed by atoms with van der Waals surface area (Å²) in [6.45, 7) is 0. The van der Waals surface area contributed by atoms with Gasteiger partial charge < -0.3 is 0 Å². The number of sulfonamides is 1. The first-order chi connectivity index (χ1) is 10.5. The van der Waals surface area contributed by atoms with Crippen LogP contribution in [0.5, 0.6) is 0 Å². The summed E-state index contributed by atoms with van der Waals surface area (Å²) >= 11 is 5.82. The molecule has 0 amide bonds. The maximum absolute atomic E-state index is 12.3. The van der Waals surface area contributed by atoms with Crippen LogP contribution < -0.4 is 4.72 Å². The first kappa shape index (κ1) is 14.5. The lowest BCUT2D eigenvalue weighted by atomic mass is 10.4. The van der Waals surface area contributed by atoms with Crippen LogP contribution in [0.3, 0.4) is 0 Å². The van der Waals surface area contributed by atoms with Crippen molar-refractivity contribution in [2.75, 3.05) is 4.72 Å². The molecule has 0 radical (unpaired) electrons. The van der Waals surface area contributed by atoms with Gasteiger partial charge in [0.25, 0.3) is 10.0 Å². The minimum Gasteiger partial charge on any atom is -0.290 e. The zero-order valence-electron chi connectivity index (χ0n) is 11.1. The van der Waals surface area contributed by atoms with Gasteiger partial charge in [0.2, 0.25) is 0 Å². The van der Waals surface area contributed by atoms with Crippen molar-refractivity contribution >= 4 is 27.4 Å². The van der Waals surface area contributed by atoms with Gasteiger partial charge in [-0.2, -0.15) is 0 Å². The summed E-state index contributed by atoms with van der Waals surface area (Å²) in [5.41, 5.74) is 0. The zero-order valence-corrected chi connectivity index (χ0v) is 12.7. The van der Waals surface area contributed by atoms with Crippen molar-refractivity contribution in [3.63, 3.8) is 0 Å². The average molecular weight is 336 g/mol. The van der Waals surface area contributed by atoms with Gasteiger partial charge in [0.15, 0.2) is 0 Å². The number of halogens is 1. The van der Waals surface area contributed by atoms with Crippen molar-refractivity contribution in [3.8, 4) is 5.82 Å². The van der Waals surface area contributed by atoms with E-state index in [4.69, 9.17) is 11.6 Å². The van der Waals surface area contributed by atoms with E-state index in [0.29, 0.717) is 10.8 Å². The monoisotopic (exact) mass is 335 g/mol. The molecule has 1 N–H and O–H groups in total. The molecule has 3 rings (SSSR count). The van der Waals surface area contributed by atoms with Crippen molar-refractivity contribution in [2.24, 2.45) is 0 Å². The topological polar surface area (TPSA) is 89.8 Å². The van der Waals surface area contributed by atoms with E-state index in [9.17, 15) is 8.42 Å². The SMILES string of the molecule is O=S(=O)(Nc1cc(-n2ccnc2)ncn1)c1cccc(Cl)c1. The number of hydrogen-bond donors (Lipinski definition) is 1. The Kier molecular flexibility index (Phi) is 3.78. The second-order valence-corrected chi connectivity index (χ2v) is 6.41. The number of nitrogens with zero attached hydrogens (tertiary/aromatic N) is 4. The molecule has 2 heterocycles. The highest BCUT2D eigenvalue weighted by molar-refractivity contribution is 7.92. The minimum atomic E-state index is -3.77. The van der Waals surface area contributed by atoms with Gasteiger partial charge in [-0.3, -0.25) is 9.29 Å². The standard InChI is InChI=1S/C13H10ClN5O2S/c14-10-2-1-3-11(6-10)22(20,21)18-12-7-13(17-8-16-12)19-5-4-15-9-19/h1-9H,(H,16,17,18). The Balaban J connectivity index is 1.91. The quantitative estimate of drug-likeness (QED) is 0.788. The third kappa shape index (κ3) is 3.07. The molecule has 0 saturated carbocycles. The van der Waals surface area contributed by atoms with Crippen LogP contribution in [-0.2, 0) is 10.0 Å². The van der Waals surface area contributed by atoms with Gasteiger partial charge in [-0.1, -0.05) is 17.7 Å². The summed E-state index contributed by atoms with van der Waals surface area (Å²) < 4.78 is 28.6. The summed E-state index contributed by atoms with van der Waals surface area (Å²) in [5, 5.41) is 0.338. The van der Waals surface area contributed by atoms with E-state index in [0.717, 1.165) is 0 Å². The number of rotatable bonds is 4. The molecule has 0 aliphatic carbocycles. The number of aromatic nitrogens is 4. The first-order valence-electron chi connectivity index (χ1n) is 6.13. The molecule has 0 spiro atoms. The molecule has 2 aromatic heterocycles. The molecule has 7 nitrogen and oxygen atoms in total. The predicted octanol–water partition coefficient (Wildman–Crippen LogP) is 2.12. The van der Waals surface area contributed by atoms with Gasteiger partial charge in [0.05, 0.1) is 4.90 Å². The van der Waals surface area contributed by atoms with Crippen LogP contribution in [0, 0.1) is 0 Å². The maximum atomic E-state index is 12.3. The van der Waals surface area contributed by atoms with Crippen LogP contribution in [0.25, 0.3) is 5.82 Å². The molecular formula is C13H10ClN5O2S. The maximum Gasteiger partial charge on any atom is 0.263 e. The summed E-state index contributed by atoms with van der Waals surface area (Å²) in [5.74, 6) is 0.648. The fraction of sp³-hybridized carbons (Fsp3) is 0. The molecule has 0 fully saturated rings. The van der Waals surface area contributed by atoms with Gasteiger partial charge in [-0.15, -0.1) is 0 Å². The third-order valence-corrected chi connectivity index (χ3v) is 4.35. The van der Waals surface area contributed by atoms with E-state index in [-0.39, 0.29) is 10.7 Å². The first-order valence-corrected chi connectivity index (χ1v) is 7.99. The van der Waals surface area contributed by atoms with Crippen molar-refractivity contribution in [1.29, 1.82) is 0 Å². The number of hydrogen-bond acceptors (Lipinski definition) is 5. The van der Waals surface area contributed by atoms with Crippen LogP contribution >= 0.6 is 11.6 Å². The van der Waals surface area contributed by atoms with E-state index >= 15 is 0 Å². The molecule has 3 aromatic rings. The lowest BCUT2D eigenvalue weighted by Gasteiger charge is -2.08. The van der Waals surface area contributed by atoms with Crippen molar-refractivity contribution in [2.45, 2.75) is 4.90 Å². The summed E-state index contributed by atoms with van der Waals surface area (Å²) in [6.07, 6.45) is 6.11. The van der Waals surface area contributed by atoms with E-state index in [1.807, 2.05) is 0 Å². The molecule has 0 aliphatic rings. The fourth-order valence-corrected chi connectivity index (χ4v) is 3.07. The Bertz CT molecular complexity index is 896. The molecule has 1 aromatic carbocycles. The van der Waals surface area contributed by atoms with Gasteiger partial charge in [-0.25, -0.2) is 23.4 Å². The molecular weight excluding hydrogens is 326 g/mol. The molecule has 0 saturated heterocycles. The average Bonchev–Trinajstić information content (AvgIpc) is 3.01. The second-order valence-electron chi connectivity index (χ2n) is 4.29.